The third-order valence-corrected chi connectivity index (χ3v) is 6.74. The number of halogens is 1. The molecule has 1 aromatic carbocycles. The van der Waals surface area contributed by atoms with Crippen LogP contribution in [0, 0.1) is 11.3 Å². The summed E-state index contributed by atoms with van der Waals surface area (Å²) in [6.45, 7) is 1.94. The van der Waals surface area contributed by atoms with E-state index in [1.807, 2.05) is 13.0 Å². The molecule has 1 atom stereocenters. The van der Waals surface area contributed by atoms with Crippen LogP contribution in [0.15, 0.2) is 35.1 Å². The van der Waals surface area contributed by atoms with E-state index in [1.165, 1.54) is 4.57 Å². The van der Waals surface area contributed by atoms with Gasteiger partial charge in [0, 0.05) is 4.88 Å². The van der Waals surface area contributed by atoms with Crippen LogP contribution < -0.4 is 27.8 Å². The van der Waals surface area contributed by atoms with E-state index in [0.717, 1.165) is 11.3 Å². The fourth-order valence-electron chi connectivity index (χ4n) is 3.68. The summed E-state index contributed by atoms with van der Waals surface area (Å²) < 4.78 is 1.45. The molecule has 184 valence electrons. The summed E-state index contributed by atoms with van der Waals surface area (Å²) in [5.74, 6) is -0.397. The average Bonchev–Trinajstić information content (AvgIpc) is 3.32. The second kappa shape index (κ2) is 10.2. The van der Waals surface area contributed by atoms with Gasteiger partial charge in [0.25, 0.3) is 11.5 Å². The van der Waals surface area contributed by atoms with E-state index in [1.54, 1.807) is 35.8 Å². The second-order valence-corrected chi connectivity index (χ2v) is 9.19. The first-order chi connectivity index (χ1) is 17.3. The van der Waals surface area contributed by atoms with Crippen molar-refractivity contribution in [3.05, 3.63) is 66.9 Å². The fourth-order valence-corrected chi connectivity index (χ4v) is 4.82. The highest BCUT2D eigenvalue weighted by Crippen LogP contribution is 2.28. The van der Waals surface area contributed by atoms with Crippen LogP contribution in [0.3, 0.4) is 0 Å². The van der Waals surface area contributed by atoms with Gasteiger partial charge in [0.05, 0.1) is 33.4 Å². The summed E-state index contributed by atoms with van der Waals surface area (Å²) >= 11 is 7.45. The van der Waals surface area contributed by atoms with Crippen molar-refractivity contribution in [1.29, 1.82) is 5.26 Å². The van der Waals surface area contributed by atoms with Gasteiger partial charge >= 0.3 is 0 Å². The summed E-state index contributed by atoms with van der Waals surface area (Å²) in [4.78, 5) is 39.0. The fraction of sp³-hybridized carbons (Fsp3) is 0.182. The first-order valence-electron chi connectivity index (χ1n) is 10.6. The Kier molecular flexibility index (Phi) is 7.02. The Bertz CT molecular complexity index is 1580. The number of carbonyl (C=O) groups is 1. The molecule has 3 aromatic heterocycles. The molecule has 0 aliphatic rings. The molecule has 0 unspecified atom stereocenters. The lowest BCUT2D eigenvalue weighted by molar-refractivity contribution is 0.0711. The molecular formula is C22H20ClN9O3S. The zero-order valence-corrected chi connectivity index (χ0v) is 20.4. The highest BCUT2D eigenvalue weighted by Gasteiger charge is 2.23. The van der Waals surface area contributed by atoms with Crippen molar-refractivity contribution in [2.24, 2.45) is 0 Å². The van der Waals surface area contributed by atoms with Gasteiger partial charge in [0.15, 0.2) is 5.82 Å². The average molecular weight is 526 g/mol. The number of hydrogen-bond donors (Lipinski definition) is 5. The van der Waals surface area contributed by atoms with Crippen LogP contribution in [0.25, 0.3) is 10.9 Å². The summed E-state index contributed by atoms with van der Waals surface area (Å²) in [6, 6.07) is 9.56. The van der Waals surface area contributed by atoms with Crippen molar-refractivity contribution in [3.8, 4) is 6.07 Å². The number of nitrogen functional groups attached to an aromatic ring is 2. The smallest absolute Gasteiger partial charge is 0.284 e. The van der Waals surface area contributed by atoms with Crippen molar-refractivity contribution in [2.45, 2.75) is 25.9 Å². The lowest BCUT2D eigenvalue weighted by Crippen LogP contribution is -2.30. The number of hydrogen-bond acceptors (Lipinski definition) is 11. The second-order valence-electron chi connectivity index (χ2n) is 7.61. The van der Waals surface area contributed by atoms with Crippen LogP contribution in [0.2, 0.25) is 5.02 Å². The lowest BCUT2D eigenvalue weighted by Gasteiger charge is -2.22. The summed E-state index contributed by atoms with van der Waals surface area (Å²) in [7, 11) is 0. The lowest BCUT2D eigenvalue weighted by atomic mass is 10.1. The third-order valence-electron chi connectivity index (χ3n) is 5.36. The van der Waals surface area contributed by atoms with Crippen molar-refractivity contribution in [1.82, 2.24) is 25.0 Å². The maximum atomic E-state index is 13.7. The van der Waals surface area contributed by atoms with Gasteiger partial charge < -0.3 is 16.8 Å². The molecule has 0 bridgehead atoms. The summed E-state index contributed by atoms with van der Waals surface area (Å²) in [5.41, 5.74) is 13.2. The molecule has 7 N–H and O–H groups in total. The number of aromatic nitrogens is 4. The molecule has 3 heterocycles. The quantitative estimate of drug-likeness (QED) is 0.176. The van der Waals surface area contributed by atoms with E-state index in [9.17, 15) is 14.9 Å². The van der Waals surface area contributed by atoms with Gasteiger partial charge in [-0.3, -0.25) is 19.4 Å². The number of fused-ring (bicyclic) bond motifs is 1. The molecule has 12 nitrogen and oxygen atoms in total. The summed E-state index contributed by atoms with van der Waals surface area (Å²) in [6.07, 6.45) is 0.440. The highest BCUT2D eigenvalue weighted by atomic mass is 35.5. The zero-order chi connectivity index (χ0) is 26.0. The molecule has 0 aliphatic carbocycles. The van der Waals surface area contributed by atoms with Crippen molar-refractivity contribution in [2.75, 3.05) is 16.8 Å². The largest absolute Gasteiger partial charge is 0.382 e. The Morgan fingerprint density at radius 1 is 1.28 bits per heavy atom. The summed E-state index contributed by atoms with van der Waals surface area (Å²) in [5, 5.41) is 22.1. The van der Waals surface area contributed by atoms with Crippen molar-refractivity contribution >= 4 is 57.3 Å². The van der Waals surface area contributed by atoms with E-state index in [-0.39, 0.29) is 50.5 Å². The molecule has 0 spiro atoms. The molecule has 0 fully saturated rings. The van der Waals surface area contributed by atoms with Crippen LogP contribution in [0.5, 0.6) is 0 Å². The number of carbonyl (C=O) groups excluding carboxylic acids is 1. The number of nitrogens with one attached hydrogen (secondary N) is 2. The number of nitrogens with two attached hydrogens (primary N) is 2. The first-order valence-corrected chi connectivity index (χ1v) is 11.8. The topological polar surface area (TPSA) is 198 Å². The minimum Gasteiger partial charge on any atom is -0.382 e. The van der Waals surface area contributed by atoms with E-state index >= 15 is 0 Å². The van der Waals surface area contributed by atoms with Gasteiger partial charge in [-0.05, 0) is 30.7 Å². The molecule has 14 heteroatoms. The van der Waals surface area contributed by atoms with Gasteiger partial charge in [0.2, 0.25) is 5.95 Å². The van der Waals surface area contributed by atoms with E-state index in [0.29, 0.717) is 22.6 Å². The highest BCUT2D eigenvalue weighted by molar-refractivity contribution is 7.14. The van der Waals surface area contributed by atoms with E-state index in [4.69, 9.17) is 33.3 Å². The van der Waals surface area contributed by atoms with Crippen LogP contribution in [0.4, 0.5) is 17.6 Å². The standard InChI is InChI=1S/C22H20ClN9O3S/c1-2-13(27-18-11(8-24)17(25)29-22(26)30-18)19-28-14-5-3-4-12(23)16(14)21(34)32(19)9-10-6-7-15(36-10)20(33)31-35/h3-7,13,35H,2,9H2,1H3,(H,31,33)(H5,25,26,27,29,30)/t13-/m0/s1. The van der Waals surface area contributed by atoms with Crippen molar-refractivity contribution < 1.29 is 10.0 Å². The number of thiophene rings is 1. The molecule has 4 aromatic rings. The van der Waals surface area contributed by atoms with Crippen LogP contribution in [-0.2, 0) is 6.54 Å². The number of nitriles is 1. The number of rotatable bonds is 7. The van der Waals surface area contributed by atoms with Gasteiger partial charge in [-0.2, -0.15) is 15.2 Å². The monoisotopic (exact) mass is 525 g/mol. The molecule has 0 radical (unpaired) electrons. The Labute approximate surface area is 213 Å². The number of nitrogens with zero attached hydrogens (tertiary/aromatic N) is 5. The molecular weight excluding hydrogens is 506 g/mol. The molecule has 4 rings (SSSR count). The number of hydroxylamine groups is 1. The predicted molar refractivity (Wildman–Crippen MR) is 136 cm³/mol. The van der Waals surface area contributed by atoms with Crippen LogP contribution in [0.1, 0.15) is 45.3 Å². The van der Waals surface area contributed by atoms with Gasteiger partial charge in [-0.15, -0.1) is 11.3 Å². The number of amides is 1. The van der Waals surface area contributed by atoms with Gasteiger partial charge in [-0.1, -0.05) is 24.6 Å². The SMILES string of the molecule is CC[C@H](Nc1nc(N)nc(N)c1C#N)c1nc2cccc(Cl)c2c(=O)n1Cc1ccc(C(=O)NO)s1. The van der Waals surface area contributed by atoms with E-state index in [2.05, 4.69) is 15.3 Å². The Morgan fingerprint density at radius 2 is 2.06 bits per heavy atom. The van der Waals surface area contributed by atoms with Gasteiger partial charge in [-0.25, -0.2) is 10.5 Å². The Balaban J connectivity index is 1.87. The molecule has 1 amide bonds. The minimum absolute atomic E-state index is 0.0123. The molecule has 36 heavy (non-hydrogen) atoms. The Hall–Kier alpha value is -4.25. The van der Waals surface area contributed by atoms with Crippen molar-refractivity contribution in [3.63, 3.8) is 0 Å². The van der Waals surface area contributed by atoms with Gasteiger partial charge in [0.1, 0.15) is 23.3 Å². The predicted octanol–water partition coefficient (Wildman–Crippen LogP) is 2.67. The maximum Gasteiger partial charge on any atom is 0.284 e. The number of benzene rings is 1. The first kappa shape index (κ1) is 24.9. The maximum absolute atomic E-state index is 13.7. The zero-order valence-electron chi connectivity index (χ0n) is 18.8. The molecule has 0 saturated carbocycles. The Morgan fingerprint density at radius 3 is 2.75 bits per heavy atom. The molecule has 0 saturated heterocycles. The third kappa shape index (κ3) is 4.65. The normalized spacial score (nSPS) is 11.7. The minimum atomic E-state index is -0.658. The van der Waals surface area contributed by atoms with Crippen LogP contribution >= 0.6 is 22.9 Å². The number of anilines is 3. The molecule has 0 aliphatic heterocycles. The van der Waals surface area contributed by atoms with Crippen LogP contribution in [-0.4, -0.2) is 30.6 Å². The van der Waals surface area contributed by atoms with E-state index < -0.39 is 11.9 Å².